The summed E-state index contributed by atoms with van der Waals surface area (Å²) < 4.78 is 1.84. The zero-order valence-corrected chi connectivity index (χ0v) is 9.81. The van der Waals surface area contributed by atoms with Gasteiger partial charge in [0.2, 0.25) is 0 Å². The largest absolute Gasteiger partial charge is 0.275 e. The fourth-order valence-electron chi connectivity index (χ4n) is 2.12. The Morgan fingerprint density at radius 1 is 1.35 bits per heavy atom. The van der Waals surface area contributed by atoms with Crippen LogP contribution in [0.3, 0.4) is 0 Å². The second-order valence-electron chi connectivity index (χ2n) is 4.27. The van der Waals surface area contributed by atoms with Crippen LogP contribution in [0.5, 0.6) is 0 Å². The molecule has 0 radical (unpaired) electrons. The van der Waals surface area contributed by atoms with Crippen LogP contribution >= 0.6 is 0 Å². The van der Waals surface area contributed by atoms with E-state index >= 15 is 0 Å². The Balaban J connectivity index is 2.14. The first-order valence-corrected chi connectivity index (χ1v) is 5.49. The van der Waals surface area contributed by atoms with Gasteiger partial charge in [-0.15, -0.1) is 0 Å². The van der Waals surface area contributed by atoms with Crippen LogP contribution in [0.15, 0.2) is 24.7 Å². The second-order valence-corrected chi connectivity index (χ2v) is 4.27. The van der Waals surface area contributed by atoms with Gasteiger partial charge in [0.1, 0.15) is 12.2 Å². The van der Waals surface area contributed by atoms with Crippen molar-refractivity contribution in [3.63, 3.8) is 0 Å². The van der Waals surface area contributed by atoms with E-state index in [1.54, 1.807) is 0 Å². The van der Waals surface area contributed by atoms with E-state index in [1.165, 1.54) is 22.8 Å². The molecule has 0 aliphatic heterocycles. The number of aromatic amines is 1. The Kier molecular flexibility index (Phi) is 2.18. The molecule has 0 bridgehead atoms. The highest BCUT2D eigenvalue weighted by Gasteiger charge is 2.08. The topological polar surface area (TPSA) is 59.4 Å². The molecule has 1 aromatic carbocycles. The number of aromatic nitrogens is 5. The zero-order valence-electron chi connectivity index (χ0n) is 9.81. The van der Waals surface area contributed by atoms with E-state index in [9.17, 15) is 0 Å². The third kappa shape index (κ3) is 1.80. The fraction of sp³-hybridized carbons (Fsp3) is 0.250. The summed E-state index contributed by atoms with van der Waals surface area (Å²) in [6.45, 7) is 2.09. The number of nitrogens with one attached hydrogen (secondary N) is 1. The van der Waals surface area contributed by atoms with E-state index < -0.39 is 0 Å². The maximum atomic E-state index is 4.49. The summed E-state index contributed by atoms with van der Waals surface area (Å²) in [7, 11) is 1.94. The van der Waals surface area contributed by atoms with Crippen molar-refractivity contribution >= 4 is 10.9 Å². The van der Waals surface area contributed by atoms with Gasteiger partial charge in [-0.25, -0.2) is 4.98 Å². The van der Waals surface area contributed by atoms with Gasteiger partial charge in [-0.1, -0.05) is 11.6 Å². The normalized spacial score (nSPS) is 11.2. The molecule has 3 aromatic rings. The third-order valence-electron chi connectivity index (χ3n) is 2.77. The molecule has 2 aromatic heterocycles. The molecule has 5 nitrogen and oxygen atoms in total. The summed E-state index contributed by atoms with van der Waals surface area (Å²) in [6.07, 6.45) is 4.29. The molecule has 86 valence electrons. The molecule has 3 rings (SSSR count). The lowest BCUT2D eigenvalue weighted by atomic mass is 10.0. The molecule has 0 saturated carbocycles. The number of rotatable bonds is 2. The smallest absolute Gasteiger partial charge is 0.137 e. The van der Waals surface area contributed by atoms with Crippen LogP contribution in [0.1, 0.15) is 17.0 Å². The van der Waals surface area contributed by atoms with Gasteiger partial charge >= 0.3 is 0 Å². The molecule has 0 aliphatic rings. The maximum absolute atomic E-state index is 4.49. The van der Waals surface area contributed by atoms with Gasteiger partial charge in [0.15, 0.2) is 0 Å². The summed E-state index contributed by atoms with van der Waals surface area (Å²) in [4.78, 5) is 4.15. The molecular weight excluding hydrogens is 214 g/mol. The number of nitrogens with zero attached hydrogens (tertiary/aromatic N) is 4. The molecule has 0 aliphatic carbocycles. The lowest BCUT2D eigenvalue weighted by Crippen LogP contribution is -1.94. The van der Waals surface area contributed by atoms with E-state index in [-0.39, 0.29) is 0 Å². The highest BCUT2D eigenvalue weighted by molar-refractivity contribution is 5.82. The van der Waals surface area contributed by atoms with Crippen LogP contribution < -0.4 is 0 Å². The van der Waals surface area contributed by atoms with Crippen molar-refractivity contribution in [2.45, 2.75) is 13.3 Å². The van der Waals surface area contributed by atoms with Crippen LogP contribution in [0.2, 0.25) is 0 Å². The molecule has 0 unspecified atom stereocenters. The molecule has 17 heavy (non-hydrogen) atoms. The molecule has 1 N–H and O–H groups in total. The fourth-order valence-corrected chi connectivity index (χ4v) is 2.12. The zero-order chi connectivity index (χ0) is 11.8. The summed E-state index contributed by atoms with van der Waals surface area (Å²) >= 11 is 0. The molecule has 0 fully saturated rings. The highest BCUT2D eigenvalue weighted by atomic mass is 15.2. The standard InChI is InChI=1S/C12H13N5/c1-8-3-9(5-11-13-7-14-15-11)12-10(4-8)6-17(2)16-12/h3-4,6-7H,5H2,1-2H3,(H,13,14,15). The van der Waals surface area contributed by atoms with Crippen LogP contribution in [-0.4, -0.2) is 25.0 Å². The molecule has 5 heteroatoms. The van der Waals surface area contributed by atoms with Crippen LogP contribution in [0.25, 0.3) is 10.9 Å². The maximum Gasteiger partial charge on any atom is 0.137 e. The average molecular weight is 227 g/mol. The van der Waals surface area contributed by atoms with Crippen molar-refractivity contribution in [3.05, 3.63) is 41.6 Å². The summed E-state index contributed by atoms with van der Waals surface area (Å²) in [5, 5.41) is 12.4. The Morgan fingerprint density at radius 2 is 2.24 bits per heavy atom. The number of fused-ring (bicyclic) bond motifs is 1. The quantitative estimate of drug-likeness (QED) is 0.723. The monoisotopic (exact) mass is 227 g/mol. The van der Waals surface area contributed by atoms with Crippen molar-refractivity contribution < 1.29 is 0 Å². The summed E-state index contributed by atoms with van der Waals surface area (Å²) in [6, 6.07) is 4.30. The van der Waals surface area contributed by atoms with Gasteiger partial charge in [-0.05, 0) is 18.6 Å². The van der Waals surface area contributed by atoms with Gasteiger partial charge in [0.05, 0.1) is 5.52 Å². The van der Waals surface area contributed by atoms with E-state index in [0.29, 0.717) is 0 Å². The van der Waals surface area contributed by atoms with Crippen molar-refractivity contribution in [1.82, 2.24) is 25.0 Å². The minimum Gasteiger partial charge on any atom is -0.275 e. The number of benzene rings is 1. The van der Waals surface area contributed by atoms with Crippen molar-refractivity contribution in [3.8, 4) is 0 Å². The molecule has 2 heterocycles. The SMILES string of the molecule is Cc1cc(Cc2ncn[nH]2)c2nn(C)cc2c1. The first-order chi connectivity index (χ1) is 8.22. The van der Waals surface area contributed by atoms with Gasteiger partial charge in [0, 0.05) is 25.1 Å². The lowest BCUT2D eigenvalue weighted by molar-refractivity contribution is 0.778. The predicted molar refractivity (Wildman–Crippen MR) is 64.6 cm³/mol. The van der Waals surface area contributed by atoms with Crippen molar-refractivity contribution in [2.75, 3.05) is 0 Å². The van der Waals surface area contributed by atoms with E-state index in [0.717, 1.165) is 17.8 Å². The van der Waals surface area contributed by atoms with Gasteiger partial charge in [-0.2, -0.15) is 10.2 Å². The van der Waals surface area contributed by atoms with Gasteiger partial charge < -0.3 is 0 Å². The Morgan fingerprint density at radius 3 is 3.00 bits per heavy atom. The average Bonchev–Trinajstić information content (AvgIpc) is 2.86. The number of H-pyrrole nitrogens is 1. The van der Waals surface area contributed by atoms with E-state index in [2.05, 4.69) is 39.3 Å². The predicted octanol–water partition coefficient (Wildman–Crippen LogP) is 1.59. The Labute approximate surface area is 98.5 Å². The number of hydrogen-bond acceptors (Lipinski definition) is 3. The first-order valence-electron chi connectivity index (χ1n) is 5.49. The van der Waals surface area contributed by atoms with E-state index in [1.807, 2.05) is 17.9 Å². The Hall–Kier alpha value is -2.17. The molecular formula is C12H13N5. The summed E-state index contributed by atoms with van der Waals surface area (Å²) in [5.74, 6) is 0.863. The van der Waals surface area contributed by atoms with Gasteiger partial charge in [-0.3, -0.25) is 9.78 Å². The minimum atomic E-state index is 0.731. The molecule has 0 spiro atoms. The number of hydrogen-bond donors (Lipinski definition) is 1. The van der Waals surface area contributed by atoms with Crippen LogP contribution in [-0.2, 0) is 13.5 Å². The third-order valence-corrected chi connectivity index (χ3v) is 2.77. The van der Waals surface area contributed by atoms with E-state index in [4.69, 9.17) is 0 Å². The van der Waals surface area contributed by atoms with Crippen LogP contribution in [0, 0.1) is 6.92 Å². The van der Waals surface area contributed by atoms with Crippen molar-refractivity contribution in [2.24, 2.45) is 7.05 Å². The highest BCUT2D eigenvalue weighted by Crippen LogP contribution is 2.21. The number of aryl methyl sites for hydroxylation is 2. The lowest BCUT2D eigenvalue weighted by Gasteiger charge is -2.01. The molecule has 0 amide bonds. The van der Waals surface area contributed by atoms with Crippen LogP contribution in [0.4, 0.5) is 0 Å². The summed E-state index contributed by atoms with van der Waals surface area (Å²) in [5.41, 5.74) is 3.45. The minimum absolute atomic E-state index is 0.731. The van der Waals surface area contributed by atoms with Crippen molar-refractivity contribution in [1.29, 1.82) is 0 Å². The molecule has 0 saturated heterocycles. The first kappa shape index (κ1) is 10.0. The Bertz CT molecular complexity index is 651. The molecule has 0 atom stereocenters. The second kappa shape index (κ2) is 3.69. The van der Waals surface area contributed by atoms with Gasteiger partial charge in [0.25, 0.3) is 0 Å².